The van der Waals surface area contributed by atoms with Crippen LogP contribution in [-0.4, -0.2) is 24.7 Å². The van der Waals surface area contributed by atoms with Gasteiger partial charge in [-0.1, -0.05) is 11.2 Å². The highest BCUT2D eigenvalue weighted by Gasteiger charge is 2.19. The number of anilines is 1. The van der Waals surface area contributed by atoms with Crippen LogP contribution < -0.4 is 10.6 Å². The van der Waals surface area contributed by atoms with Gasteiger partial charge in [-0.25, -0.2) is 4.39 Å². The van der Waals surface area contributed by atoms with Crippen LogP contribution in [0.4, 0.5) is 10.1 Å². The van der Waals surface area contributed by atoms with Crippen molar-refractivity contribution >= 4 is 11.6 Å². The third-order valence-corrected chi connectivity index (χ3v) is 3.53. The molecule has 0 atom stereocenters. The molecule has 1 aliphatic heterocycles. The largest absolute Gasteiger partial charge is 0.377 e. The zero-order valence-corrected chi connectivity index (χ0v) is 12.1. The molecule has 2 N–H and O–H groups in total. The molecule has 0 saturated heterocycles. The van der Waals surface area contributed by atoms with E-state index in [0.29, 0.717) is 24.3 Å². The maximum Gasteiger partial charge on any atom is 0.277 e. The molecule has 7 heteroatoms. The van der Waals surface area contributed by atoms with Crippen LogP contribution in [-0.2, 0) is 24.3 Å². The van der Waals surface area contributed by atoms with Crippen molar-refractivity contribution in [2.75, 3.05) is 19.0 Å². The minimum Gasteiger partial charge on any atom is -0.377 e. The second-order valence-electron chi connectivity index (χ2n) is 5.06. The Labute approximate surface area is 126 Å². The minimum absolute atomic E-state index is 0.0887. The Morgan fingerprint density at radius 1 is 1.55 bits per heavy atom. The van der Waals surface area contributed by atoms with Gasteiger partial charge >= 0.3 is 0 Å². The van der Waals surface area contributed by atoms with E-state index < -0.39 is 5.91 Å². The first-order chi connectivity index (χ1) is 10.7. The summed E-state index contributed by atoms with van der Waals surface area (Å²) in [6.45, 7) is 1.59. The van der Waals surface area contributed by atoms with Gasteiger partial charge in [0.2, 0.25) is 0 Å². The molecule has 1 aromatic heterocycles. The quantitative estimate of drug-likeness (QED) is 0.901. The normalized spacial score (nSPS) is 13.7. The van der Waals surface area contributed by atoms with Crippen LogP contribution in [0.1, 0.15) is 27.4 Å². The number of methoxy groups -OCH3 is 1. The molecule has 116 valence electrons. The van der Waals surface area contributed by atoms with Crippen molar-refractivity contribution in [2.45, 2.75) is 19.6 Å². The molecule has 1 aromatic carbocycles. The number of benzene rings is 1. The van der Waals surface area contributed by atoms with Crippen molar-refractivity contribution in [3.8, 4) is 0 Å². The lowest BCUT2D eigenvalue weighted by Crippen LogP contribution is -2.25. The van der Waals surface area contributed by atoms with E-state index in [-0.39, 0.29) is 23.8 Å². The summed E-state index contributed by atoms with van der Waals surface area (Å²) in [5, 5.41) is 9.36. The van der Waals surface area contributed by atoms with Crippen molar-refractivity contribution in [1.82, 2.24) is 10.5 Å². The zero-order chi connectivity index (χ0) is 15.5. The highest BCUT2D eigenvalue weighted by molar-refractivity contribution is 6.02. The van der Waals surface area contributed by atoms with E-state index in [9.17, 15) is 9.18 Å². The Hall–Kier alpha value is -2.25. The number of ether oxygens (including phenoxy) is 1. The summed E-state index contributed by atoms with van der Waals surface area (Å²) in [7, 11) is 1.51. The summed E-state index contributed by atoms with van der Waals surface area (Å²) in [6.07, 6.45) is 0.604. The van der Waals surface area contributed by atoms with Gasteiger partial charge in [-0.3, -0.25) is 4.79 Å². The Morgan fingerprint density at radius 3 is 3.23 bits per heavy atom. The molecule has 2 aromatic rings. The maximum atomic E-state index is 14.4. The van der Waals surface area contributed by atoms with Crippen LogP contribution in [0.2, 0.25) is 0 Å². The van der Waals surface area contributed by atoms with Crippen LogP contribution in [0.25, 0.3) is 0 Å². The number of halogens is 1. The van der Waals surface area contributed by atoms with Gasteiger partial charge in [-0.05, 0) is 30.2 Å². The van der Waals surface area contributed by atoms with Crippen LogP contribution in [0, 0.1) is 5.82 Å². The Balaban J connectivity index is 1.78. The van der Waals surface area contributed by atoms with Gasteiger partial charge < -0.3 is 19.9 Å². The Morgan fingerprint density at radius 2 is 2.41 bits per heavy atom. The average molecular weight is 305 g/mol. The number of carbonyl (C=O) groups is 1. The smallest absolute Gasteiger partial charge is 0.277 e. The molecular formula is C15H16FN3O3. The highest BCUT2D eigenvalue weighted by Crippen LogP contribution is 2.24. The highest BCUT2D eigenvalue weighted by atomic mass is 19.1. The summed E-state index contributed by atoms with van der Waals surface area (Å²) in [5.41, 5.74) is 1.81. The molecule has 0 saturated carbocycles. The first kappa shape index (κ1) is 14.7. The number of nitrogens with zero attached hydrogens (tertiary/aromatic N) is 1. The number of amides is 1. The average Bonchev–Trinajstić information content (AvgIpc) is 2.99. The lowest BCUT2D eigenvalue weighted by Gasteiger charge is -2.19. The third-order valence-electron chi connectivity index (χ3n) is 3.53. The molecule has 0 fully saturated rings. The minimum atomic E-state index is -0.515. The summed E-state index contributed by atoms with van der Waals surface area (Å²) in [4.78, 5) is 12.1. The van der Waals surface area contributed by atoms with E-state index in [1.165, 1.54) is 13.2 Å². The molecule has 0 aliphatic carbocycles. The molecule has 22 heavy (non-hydrogen) atoms. The Bertz CT molecular complexity index is 699. The second-order valence-corrected chi connectivity index (χ2v) is 5.06. The summed E-state index contributed by atoms with van der Waals surface area (Å²) in [6, 6.07) is 4.85. The standard InChI is InChI=1S/C15H16FN3O3/c1-21-8-10-6-13(19-22-10)15(20)18-12-3-2-9-7-17-5-4-11(9)14(12)16/h2-3,6,17H,4-5,7-8H2,1H3,(H,18,20). The van der Waals surface area contributed by atoms with E-state index >= 15 is 0 Å². The molecule has 0 bridgehead atoms. The number of hydrogen-bond donors (Lipinski definition) is 2. The molecule has 0 radical (unpaired) electrons. The van der Waals surface area contributed by atoms with Crippen molar-refractivity contribution in [3.05, 3.63) is 46.6 Å². The molecule has 0 unspecified atom stereocenters. The molecule has 3 rings (SSSR count). The molecule has 1 amide bonds. The number of carbonyl (C=O) groups excluding carboxylic acids is 1. The third kappa shape index (κ3) is 2.86. The van der Waals surface area contributed by atoms with Crippen molar-refractivity contribution in [3.63, 3.8) is 0 Å². The summed E-state index contributed by atoms with van der Waals surface area (Å²) < 4.78 is 24.3. The number of fused-ring (bicyclic) bond motifs is 1. The number of rotatable bonds is 4. The molecular weight excluding hydrogens is 289 g/mol. The van der Waals surface area contributed by atoms with Gasteiger partial charge in [0.25, 0.3) is 5.91 Å². The molecule has 0 spiro atoms. The predicted octanol–water partition coefficient (Wildman–Crippen LogP) is 1.86. The first-order valence-electron chi connectivity index (χ1n) is 6.96. The van der Waals surface area contributed by atoms with Gasteiger partial charge in [0.05, 0.1) is 5.69 Å². The fourth-order valence-corrected chi connectivity index (χ4v) is 2.45. The number of hydrogen-bond acceptors (Lipinski definition) is 5. The Kier molecular flexibility index (Phi) is 4.17. The SMILES string of the molecule is COCc1cc(C(=O)Nc2ccc3c(c2F)CCNC3)no1. The number of nitrogens with one attached hydrogen (secondary N) is 2. The van der Waals surface area contributed by atoms with Gasteiger partial charge in [0.15, 0.2) is 11.5 Å². The fourth-order valence-electron chi connectivity index (χ4n) is 2.45. The zero-order valence-electron chi connectivity index (χ0n) is 12.1. The molecule has 1 aliphatic rings. The van der Waals surface area contributed by atoms with Crippen molar-refractivity contribution in [1.29, 1.82) is 0 Å². The molecule has 2 heterocycles. The van der Waals surface area contributed by atoms with Crippen LogP contribution in [0.15, 0.2) is 22.7 Å². The lowest BCUT2D eigenvalue weighted by molar-refractivity contribution is 0.101. The van der Waals surface area contributed by atoms with E-state index in [1.54, 1.807) is 6.07 Å². The van der Waals surface area contributed by atoms with Gasteiger partial charge in [-0.15, -0.1) is 0 Å². The summed E-state index contributed by atoms with van der Waals surface area (Å²) in [5.74, 6) is -0.462. The number of aromatic nitrogens is 1. The topological polar surface area (TPSA) is 76.4 Å². The van der Waals surface area contributed by atoms with E-state index in [0.717, 1.165) is 12.1 Å². The van der Waals surface area contributed by atoms with E-state index in [4.69, 9.17) is 9.26 Å². The van der Waals surface area contributed by atoms with E-state index in [2.05, 4.69) is 15.8 Å². The van der Waals surface area contributed by atoms with E-state index in [1.807, 2.05) is 6.07 Å². The second kappa shape index (κ2) is 6.25. The fraction of sp³-hybridized carbons (Fsp3) is 0.333. The van der Waals surface area contributed by atoms with Crippen LogP contribution >= 0.6 is 0 Å². The first-order valence-corrected chi connectivity index (χ1v) is 6.96. The van der Waals surface area contributed by atoms with Gasteiger partial charge in [0.1, 0.15) is 12.4 Å². The monoisotopic (exact) mass is 305 g/mol. The van der Waals surface area contributed by atoms with Crippen LogP contribution in [0.3, 0.4) is 0 Å². The van der Waals surface area contributed by atoms with Crippen molar-refractivity contribution < 1.29 is 18.4 Å². The van der Waals surface area contributed by atoms with Gasteiger partial charge in [0, 0.05) is 19.7 Å². The maximum absolute atomic E-state index is 14.4. The molecule has 6 nitrogen and oxygen atoms in total. The van der Waals surface area contributed by atoms with Crippen molar-refractivity contribution in [2.24, 2.45) is 0 Å². The summed E-state index contributed by atoms with van der Waals surface area (Å²) >= 11 is 0. The van der Waals surface area contributed by atoms with Gasteiger partial charge in [-0.2, -0.15) is 0 Å². The van der Waals surface area contributed by atoms with Crippen LogP contribution in [0.5, 0.6) is 0 Å². The predicted molar refractivity (Wildman–Crippen MR) is 77.0 cm³/mol. The lowest BCUT2D eigenvalue weighted by atomic mass is 9.99.